The van der Waals surface area contributed by atoms with Gasteiger partial charge < -0.3 is 25.0 Å². The Morgan fingerprint density at radius 2 is 1.24 bits per heavy atom. The number of aliphatic hydroxyl groups excluding tert-OH is 1. The van der Waals surface area contributed by atoms with Crippen LogP contribution >= 0.6 is 0 Å². The number of rotatable bonds is 6. The predicted octanol–water partition coefficient (Wildman–Crippen LogP) is 6.97. The number of nitrogens with one attached hydrogen (secondary N) is 1. The SMILES string of the molecule is O=C1Nc2ccccc2C1(c1ccc(OC2=CC=C(O)CC2)cc1)c1ccc(Oc2ccc(O)cc2)cc1. The van der Waals surface area contributed by atoms with Gasteiger partial charge in [0.05, 0.1) is 5.76 Å². The third-order valence-corrected chi connectivity index (χ3v) is 6.91. The van der Waals surface area contributed by atoms with E-state index in [9.17, 15) is 15.0 Å². The van der Waals surface area contributed by atoms with Crippen LogP contribution in [0.2, 0.25) is 0 Å². The van der Waals surface area contributed by atoms with Crippen LogP contribution in [0.4, 0.5) is 5.69 Å². The first kappa shape index (κ1) is 23.4. The van der Waals surface area contributed by atoms with Crippen LogP contribution in [0.3, 0.4) is 0 Å². The van der Waals surface area contributed by atoms with Gasteiger partial charge in [0.1, 0.15) is 34.2 Å². The molecule has 2 aliphatic rings. The molecule has 0 spiro atoms. The van der Waals surface area contributed by atoms with E-state index in [0.29, 0.717) is 35.8 Å². The van der Waals surface area contributed by atoms with E-state index in [1.54, 1.807) is 36.4 Å². The van der Waals surface area contributed by atoms with Gasteiger partial charge in [-0.2, -0.15) is 0 Å². The van der Waals surface area contributed by atoms with Crippen LogP contribution in [-0.2, 0) is 10.2 Å². The fourth-order valence-corrected chi connectivity index (χ4v) is 5.04. The van der Waals surface area contributed by atoms with Crippen molar-refractivity contribution in [3.05, 3.63) is 137 Å². The molecule has 6 rings (SSSR count). The molecule has 0 fully saturated rings. The van der Waals surface area contributed by atoms with E-state index in [1.165, 1.54) is 0 Å². The molecule has 1 heterocycles. The summed E-state index contributed by atoms with van der Waals surface area (Å²) >= 11 is 0. The van der Waals surface area contributed by atoms with Gasteiger partial charge in [0, 0.05) is 24.1 Å². The van der Waals surface area contributed by atoms with E-state index in [-0.39, 0.29) is 11.7 Å². The zero-order valence-corrected chi connectivity index (χ0v) is 20.4. The molecule has 1 atom stereocenters. The molecule has 0 aromatic heterocycles. The first-order valence-corrected chi connectivity index (χ1v) is 12.4. The Morgan fingerprint density at radius 1 is 0.658 bits per heavy atom. The minimum Gasteiger partial charge on any atom is -0.512 e. The highest BCUT2D eigenvalue weighted by atomic mass is 16.5. The maximum absolute atomic E-state index is 13.8. The van der Waals surface area contributed by atoms with Gasteiger partial charge in [0.25, 0.3) is 0 Å². The first-order valence-electron chi connectivity index (χ1n) is 12.4. The van der Waals surface area contributed by atoms with Crippen molar-refractivity contribution in [1.82, 2.24) is 0 Å². The number of fused-ring (bicyclic) bond motifs is 1. The second kappa shape index (κ2) is 9.48. The van der Waals surface area contributed by atoms with Gasteiger partial charge in [-0.15, -0.1) is 0 Å². The van der Waals surface area contributed by atoms with Crippen molar-refractivity contribution in [2.24, 2.45) is 0 Å². The highest BCUT2D eigenvalue weighted by molar-refractivity contribution is 6.11. The van der Waals surface area contributed by atoms with Crippen LogP contribution in [0, 0.1) is 0 Å². The summed E-state index contributed by atoms with van der Waals surface area (Å²) in [7, 11) is 0. The topological polar surface area (TPSA) is 88.0 Å². The molecule has 0 saturated carbocycles. The van der Waals surface area contributed by atoms with Gasteiger partial charge in [-0.3, -0.25) is 4.79 Å². The minimum atomic E-state index is -1.05. The van der Waals surface area contributed by atoms with Gasteiger partial charge >= 0.3 is 0 Å². The summed E-state index contributed by atoms with van der Waals surface area (Å²) in [5.41, 5.74) is 2.23. The zero-order valence-electron chi connectivity index (χ0n) is 20.4. The van der Waals surface area contributed by atoms with Gasteiger partial charge in [0.15, 0.2) is 0 Å². The largest absolute Gasteiger partial charge is 0.512 e. The maximum Gasteiger partial charge on any atom is 0.244 e. The van der Waals surface area contributed by atoms with Crippen molar-refractivity contribution in [2.75, 3.05) is 5.32 Å². The van der Waals surface area contributed by atoms with Crippen molar-refractivity contribution in [3.8, 4) is 23.0 Å². The highest BCUT2D eigenvalue weighted by Gasteiger charge is 2.49. The Hall–Kier alpha value is -4.97. The molecule has 3 N–H and O–H groups in total. The van der Waals surface area contributed by atoms with Gasteiger partial charge in [-0.1, -0.05) is 42.5 Å². The third kappa shape index (κ3) is 4.16. The number of allylic oxidation sites excluding steroid dienone is 4. The van der Waals surface area contributed by atoms with Crippen molar-refractivity contribution < 1.29 is 24.5 Å². The van der Waals surface area contributed by atoms with Crippen molar-refractivity contribution in [3.63, 3.8) is 0 Å². The number of ether oxygens (including phenoxy) is 2. The molecule has 38 heavy (non-hydrogen) atoms. The molecule has 0 radical (unpaired) electrons. The van der Waals surface area contributed by atoms with Crippen LogP contribution < -0.4 is 14.8 Å². The minimum absolute atomic E-state index is 0.129. The molecule has 188 valence electrons. The number of phenolic OH excluding ortho intramolecular Hbond substituents is 1. The number of anilines is 1. The molecular weight excluding hydrogens is 478 g/mol. The normalized spacial score (nSPS) is 18.2. The van der Waals surface area contributed by atoms with Crippen LogP contribution in [0.1, 0.15) is 29.5 Å². The monoisotopic (exact) mass is 503 g/mol. The second-order valence-electron chi connectivity index (χ2n) is 9.29. The number of hydrogen-bond acceptors (Lipinski definition) is 5. The molecule has 4 aromatic carbocycles. The Morgan fingerprint density at radius 3 is 1.84 bits per heavy atom. The summed E-state index contributed by atoms with van der Waals surface area (Å²) in [5, 5.41) is 22.2. The predicted molar refractivity (Wildman–Crippen MR) is 145 cm³/mol. The summed E-state index contributed by atoms with van der Waals surface area (Å²) in [4.78, 5) is 13.8. The van der Waals surface area contributed by atoms with Crippen molar-refractivity contribution in [1.29, 1.82) is 0 Å². The average Bonchev–Trinajstić information content (AvgIpc) is 3.24. The Balaban J connectivity index is 1.36. The van der Waals surface area contributed by atoms with Crippen molar-refractivity contribution in [2.45, 2.75) is 18.3 Å². The maximum atomic E-state index is 13.8. The summed E-state index contributed by atoms with van der Waals surface area (Å²) in [5.74, 6) is 3.04. The number of carbonyl (C=O) groups excluding carboxylic acids is 1. The van der Waals surface area contributed by atoms with E-state index >= 15 is 0 Å². The number of aliphatic hydroxyl groups is 1. The third-order valence-electron chi connectivity index (χ3n) is 6.91. The molecule has 0 saturated heterocycles. The van der Waals surface area contributed by atoms with Gasteiger partial charge in [-0.25, -0.2) is 0 Å². The summed E-state index contributed by atoms with van der Waals surface area (Å²) in [6.07, 6.45) is 4.60. The number of aromatic hydroxyl groups is 1. The molecule has 1 aliphatic carbocycles. The first-order chi connectivity index (χ1) is 18.5. The van der Waals surface area contributed by atoms with Crippen LogP contribution in [0.5, 0.6) is 23.0 Å². The lowest BCUT2D eigenvalue weighted by molar-refractivity contribution is -0.118. The second-order valence-corrected chi connectivity index (χ2v) is 9.29. The van der Waals surface area contributed by atoms with Gasteiger partial charge in [0.2, 0.25) is 5.91 Å². The Bertz CT molecular complexity index is 1550. The molecule has 6 heteroatoms. The van der Waals surface area contributed by atoms with E-state index in [1.807, 2.05) is 72.8 Å². The lowest BCUT2D eigenvalue weighted by Gasteiger charge is -2.29. The fraction of sp³-hybridized carbons (Fsp3) is 0.0938. The number of hydrogen-bond donors (Lipinski definition) is 3. The quantitative estimate of drug-likeness (QED) is 0.264. The van der Waals surface area contributed by atoms with Gasteiger partial charge in [-0.05, 0) is 77.9 Å². The number of para-hydroxylation sites is 1. The Kier molecular flexibility index (Phi) is 5.85. The lowest BCUT2D eigenvalue weighted by atomic mass is 9.70. The molecule has 4 aromatic rings. The number of amides is 1. The molecule has 0 bridgehead atoms. The van der Waals surface area contributed by atoms with Crippen molar-refractivity contribution >= 4 is 11.6 Å². The smallest absolute Gasteiger partial charge is 0.244 e. The van der Waals surface area contributed by atoms with Crippen LogP contribution in [0.25, 0.3) is 0 Å². The standard InChI is InChI=1S/C32H25NO5/c34-23-9-17-27(18-10-23)37-25-13-5-21(6-14-25)32(29-3-1-2-4-30(29)33-31(32)36)22-7-15-26(16-8-22)38-28-19-11-24(35)12-20-28/h1-11,13-19,34-35H,12,20H2,(H,33,36). The van der Waals surface area contributed by atoms with Crippen LogP contribution in [0.15, 0.2) is 121 Å². The average molecular weight is 504 g/mol. The summed E-state index contributed by atoms with van der Waals surface area (Å²) in [6, 6.07) is 29.3. The molecule has 1 unspecified atom stereocenters. The molecule has 6 nitrogen and oxygen atoms in total. The fourth-order valence-electron chi connectivity index (χ4n) is 5.04. The number of benzene rings is 4. The number of carbonyl (C=O) groups is 1. The zero-order chi connectivity index (χ0) is 26.1. The molecule has 1 aliphatic heterocycles. The molecule has 1 amide bonds. The van der Waals surface area contributed by atoms with Crippen LogP contribution in [-0.4, -0.2) is 16.1 Å². The highest BCUT2D eigenvalue weighted by Crippen LogP contribution is 2.48. The summed E-state index contributed by atoms with van der Waals surface area (Å²) < 4.78 is 11.9. The molecular formula is C32H25NO5. The van der Waals surface area contributed by atoms with E-state index < -0.39 is 5.41 Å². The van der Waals surface area contributed by atoms with E-state index in [2.05, 4.69) is 5.32 Å². The Labute approximate surface area is 220 Å². The van der Waals surface area contributed by atoms with E-state index in [0.717, 1.165) is 28.1 Å². The number of phenols is 1. The summed E-state index contributed by atoms with van der Waals surface area (Å²) in [6.45, 7) is 0. The van der Waals surface area contributed by atoms with E-state index in [4.69, 9.17) is 9.47 Å². The lowest BCUT2D eigenvalue weighted by Crippen LogP contribution is -2.37.